The van der Waals surface area contributed by atoms with Crippen LogP contribution in [0.25, 0.3) is 0 Å². The molecule has 1 unspecified atom stereocenters. The molecule has 0 aliphatic carbocycles. The third-order valence-electron chi connectivity index (χ3n) is 3.86. The Kier molecular flexibility index (Phi) is 7.99. The lowest BCUT2D eigenvalue weighted by molar-refractivity contribution is -0.117. The van der Waals surface area contributed by atoms with Crippen LogP contribution >= 0.6 is 11.8 Å². The number of nitrogens with zero attached hydrogens (tertiary/aromatic N) is 1. The van der Waals surface area contributed by atoms with Crippen molar-refractivity contribution in [3.8, 4) is 6.07 Å². The Balaban J connectivity index is 2.17. The molecular weight excluding hydrogens is 401 g/mol. The number of hydrogen-bond acceptors (Lipinski definition) is 5. The molecule has 0 spiro atoms. The van der Waals surface area contributed by atoms with Crippen molar-refractivity contribution >= 4 is 33.4 Å². The molecule has 9 heteroatoms. The molecule has 0 aromatic heterocycles. The Morgan fingerprint density at radius 1 is 1.21 bits per heavy atom. The van der Waals surface area contributed by atoms with Crippen molar-refractivity contribution in [2.45, 2.75) is 23.8 Å². The Bertz CT molecular complexity index is 957. The Morgan fingerprint density at radius 3 is 2.50 bits per heavy atom. The van der Waals surface area contributed by atoms with Gasteiger partial charge in [0.15, 0.2) is 0 Å². The predicted octanol–water partition coefficient (Wildman–Crippen LogP) is 2.93. The van der Waals surface area contributed by atoms with E-state index in [4.69, 9.17) is 5.26 Å². The van der Waals surface area contributed by atoms with Gasteiger partial charge in [-0.1, -0.05) is 24.3 Å². The minimum Gasteiger partial charge on any atom is -0.325 e. The van der Waals surface area contributed by atoms with Crippen molar-refractivity contribution in [1.82, 2.24) is 4.72 Å². The SMILES string of the molecule is CSCCC(NS(=O)(=O)c1ccccc1F)C(=O)Nc1ccc(CC#N)cc1. The van der Waals surface area contributed by atoms with Gasteiger partial charge in [0.1, 0.15) is 16.8 Å². The molecule has 0 radical (unpaired) electrons. The summed E-state index contributed by atoms with van der Waals surface area (Å²) in [5.41, 5.74) is 1.28. The summed E-state index contributed by atoms with van der Waals surface area (Å²) in [5, 5.41) is 11.4. The summed E-state index contributed by atoms with van der Waals surface area (Å²) in [5.74, 6) is -0.881. The fourth-order valence-corrected chi connectivity index (χ4v) is 4.20. The molecule has 2 aromatic rings. The lowest BCUT2D eigenvalue weighted by atomic mass is 10.1. The molecule has 6 nitrogen and oxygen atoms in total. The second-order valence-electron chi connectivity index (χ2n) is 5.91. The van der Waals surface area contributed by atoms with Crippen LogP contribution in [-0.4, -0.2) is 32.4 Å². The topological polar surface area (TPSA) is 99.1 Å². The third-order valence-corrected chi connectivity index (χ3v) is 6.00. The van der Waals surface area contributed by atoms with Gasteiger partial charge in [-0.3, -0.25) is 4.79 Å². The lowest BCUT2D eigenvalue weighted by Gasteiger charge is -2.18. The number of benzene rings is 2. The summed E-state index contributed by atoms with van der Waals surface area (Å²) < 4.78 is 41.3. The molecule has 0 bridgehead atoms. The molecule has 148 valence electrons. The number of nitrogens with one attached hydrogen (secondary N) is 2. The average Bonchev–Trinajstić information content (AvgIpc) is 2.67. The highest BCUT2D eigenvalue weighted by atomic mass is 32.2. The van der Waals surface area contributed by atoms with E-state index in [-0.39, 0.29) is 12.8 Å². The summed E-state index contributed by atoms with van der Waals surface area (Å²) in [4.78, 5) is 12.1. The largest absolute Gasteiger partial charge is 0.325 e. The number of rotatable bonds is 9. The number of nitriles is 1. The van der Waals surface area contributed by atoms with Crippen LogP contribution in [0.2, 0.25) is 0 Å². The molecule has 2 aromatic carbocycles. The normalized spacial score (nSPS) is 12.2. The van der Waals surface area contributed by atoms with E-state index in [9.17, 15) is 17.6 Å². The first-order chi connectivity index (χ1) is 13.4. The van der Waals surface area contributed by atoms with Crippen LogP contribution < -0.4 is 10.0 Å². The van der Waals surface area contributed by atoms with Crippen molar-refractivity contribution in [1.29, 1.82) is 5.26 Å². The Hall–Kier alpha value is -2.41. The fourth-order valence-electron chi connectivity index (χ4n) is 2.42. The van der Waals surface area contributed by atoms with Crippen molar-refractivity contribution in [3.05, 3.63) is 59.9 Å². The van der Waals surface area contributed by atoms with Gasteiger partial charge >= 0.3 is 0 Å². The Morgan fingerprint density at radius 2 is 1.89 bits per heavy atom. The highest BCUT2D eigenvalue weighted by molar-refractivity contribution is 7.98. The monoisotopic (exact) mass is 421 g/mol. The van der Waals surface area contributed by atoms with E-state index in [0.717, 1.165) is 17.7 Å². The van der Waals surface area contributed by atoms with Crippen LogP contribution in [0.3, 0.4) is 0 Å². The zero-order valence-electron chi connectivity index (χ0n) is 15.2. The maximum Gasteiger partial charge on any atom is 0.244 e. The molecule has 0 saturated carbocycles. The van der Waals surface area contributed by atoms with Crippen LogP contribution in [0, 0.1) is 17.1 Å². The number of anilines is 1. The van der Waals surface area contributed by atoms with Crippen LogP contribution in [0.5, 0.6) is 0 Å². The van der Waals surface area contributed by atoms with Gasteiger partial charge in [-0.25, -0.2) is 12.8 Å². The lowest BCUT2D eigenvalue weighted by Crippen LogP contribution is -2.44. The number of carbonyl (C=O) groups excluding carboxylic acids is 1. The summed E-state index contributed by atoms with van der Waals surface area (Å²) in [6.45, 7) is 0. The molecule has 0 heterocycles. The maximum atomic E-state index is 13.9. The highest BCUT2D eigenvalue weighted by Gasteiger charge is 2.27. The summed E-state index contributed by atoms with van der Waals surface area (Å²) in [7, 11) is -4.20. The summed E-state index contributed by atoms with van der Waals surface area (Å²) in [6.07, 6.45) is 2.34. The number of hydrogen-bond donors (Lipinski definition) is 2. The summed E-state index contributed by atoms with van der Waals surface area (Å²) in [6, 6.07) is 12.7. The molecule has 1 amide bonds. The van der Waals surface area contributed by atoms with Gasteiger partial charge < -0.3 is 5.32 Å². The number of halogens is 1. The van der Waals surface area contributed by atoms with Gasteiger partial charge in [0.2, 0.25) is 15.9 Å². The van der Waals surface area contributed by atoms with E-state index >= 15 is 0 Å². The predicted molar refractivity (Wildman–Crippen MR) is 108 cm³/mol. The van der Waals surface area contributed by atoms with Crippen molar-refractivity contribution in [3.63, 3.8) is 0 Å². The molecule has 1 atom stereocenters. The first-order valence-corrected chi connectivity index (χ1v) is 11.3. The number of carbonyl (C=O) groups is 1. The Labute approximate surface area is 168 Å². The first kappa shape index (κ1) is 21.9. The molecule has 2 N–H and O–H groups in total. The number of thioether (sulfide) groups is 1. The van der Waals surface area contributed by atoms with E-state index < -0.39 is 32.7 Å². The smallest absolute Gasteiger partial charge is 0.244 e. The van der Waals surface area contributed by atoms with Crippen LogP contribution in [0.4, 0.5) is 10.1 Å². The minimum atomic E-state index is -4.20. The second kappa shape index (κ2) is 10.2. The zero-order chi connectivity index (χ0) is 20.6. The van der Waals surface area contributed by atoms with E-state index in [1.165, 1.54) is 23.9 Å². The van der Waals surface area contributed by atoms with Gasteiger partial charge in [0.25, 0.3) is 0 Å². The van der Waals surface area contributed by atoms with Gasteiger partial charge in [0, 0.05) is 5.69 Å². The fraction of sp³-hybridized carbons (Fsp3) is 0.263. The quantitative estimate of drug-likeness (QED) is 0.649. The van der Waals surface area contributed by atoms with Crippen LogP contribution in [0.1, 0.15) is 12.0 Å². The van der Waals surface area contributed by atoms with Crippen LogP contribution in [-0.2, 0) is 21.2 Å². The minimum absolute atomic E-state index is 0.243. The molecular formula is C19H20FN3O3S2. The van der Waals surface area contributed by atoms with Crippen LogP contribution in [0.15, 0.2) is 53.4 Å². The van der Waals surface area contributed by atoms with Crippen molar-refractivity contribution in [2.75, 3.05) is 17.3 Å². The average molecular weight is 422 g/mol. The third kappa shape index (κ3) is 6.05. The first-order valence-electron chi connectivity index (χ1n) is 8.40. The zero-order valence-corrected chi connectivity index (χ0v) is 16.8. The molecule has 2 rings (SSSR count). The van der Waals surface area contributed by atoms with Gasteiger partial charge in [-0.2, -0.15) is 21.7 Å². The molecule has 0 aliphatic heterocycles. The molecule has 0 saturated heterocycles. The van der Waals surface area contributed by atoms with Crippen molar-refractivity contribution in [2.24, 2.45) is 0 Å². The molecule has 0 fully saturated rings. The van der Waals surface area contributed by atoms with E-state index in [1.807, 2.05) is 12.3 Å². The number of sulfonamides is 1. The second-order valence-corrected chi connectivity index (χ2v) is 8.57. The standard InChI is InChI=1S/C19H20FN3O3S2/c1-27-13-11-17(23-28(25,26)18-5-3-2-4-16(18)20)19(24)22-15-8-6-14(7-9-15)10-12-21/h2-9,17,23H,10-11,13H2,1H3,(H,22,24). The van der Waals surface area contributed by atoms with E-state index in [1.54, 1.807) is 24.3 Å². The van der Waals surface area contributed by atoms with Crippen molar-refractivity contribution < 1.29 is 17.6 Å². The van der Waals surface area contributed by atoms with Gasteiger partial charge in [0.05, 0.1) is 12.5 Å². The van der Waals surface area contributed by atoms with E-state index in [0.29, 0.717) is 11.4 Å². The van der Waals surface area contributed by atoms with E-state index in [2.05, 4.69) is 10.0 Å². The number of amides is 1. The molecule has 0 aliphatic rings. The highest BCUT2D eigenvalue weighted by Crippen LogP contribution is 2.16. The van der Waals surface area contributed by atoms with Gasteiger partial charge in [-0.15, -0.1) is 0 Å². The maximum absolute atomic E-state index is 13.9. The molecule has 28 heavy (non-hydrogen) atoms. The van der Waals surface area contributed by atoms with Gasteiger partial charge in [-0.05, 0) is 48.3 Å². The summed E-state index contributed by atoms with van der Waals surface area (Å²) >= 11 is 1.47.